The predicted octanol–water partition coefficient (Wildman–Crippen LogP) is 1.88. The molecule has 13 heavy (non-hydrogen) atoms. The van der Waals surface area contributed by atoms with Crippen molar-refractivity contribution in [3.63, 3.8) is 0 Å². The molecule has 72 valence electrons. The molecule has 3 nitrogen and oxygen atoms in total. The van der Waals surface area contributed by atoms with Gasteiger partial charge in [-0.15, -0.1) is 0 Å². The largest absolute Gasteiger partial charge is 0.335 e. The number of carbonyl (C=O) groups is 1. The molecule has 0 aliphatic carbocycles. The summed E-state index contributed by atoms with van der Waals surface area (Å²) in [6.45, 7) is 10.3. The fraction of sp³-hybridized carbons (Fsp3) is 0.500. The maximum absolute atomic E-state index is 11.4. The summed E-state index contributed by atoms with van der Waals surface area (Å²) in [4.78, 5) is 13.2. The lowest BCUT2D eigenvalue weighted by atomic mass is 10.1. The molecule has 0 aromatic carbocycles. The molecule has 0 bridgehead atoms. The summed E-state index contributed by atoms with van der Waals surface area (Å²) in [6.07, 6.45) is 3.53. The van der Waals surface area contributed by atoms with Crippen LogP contribution in [-0.2, 0) is 0 Å². The number of allylic oxidation sites excluding steroid dienone is 3. The molecule has 0 aromatic heterocycles. The summed E-state index contributed by atoms with van der Waals surface area (Å²) in [5.74, 6) is 0. The second-order valence-electron chi connectivity index (χ2n) is 3.85. The highest BCUT2D eigenvalue weighted by atomic mass is 16.2. The average Bonchev–Trinajstić information content (AvgIpc) is 2.26. The van der Waals surface area contributed by atoms with Crippen molar-refractivity contribution in [1.29, 1.82) is 0 Å². The Hall–Kier alpha value is -1.25. The highest BCUT2D eigenvalue weighted by Crippen LogP contribution is 2.23. The molecule has 3 heteroatoms. The molecule has 2 amide bonds. The number of amides is 2. The zero-order valence-corrected chi connectivity index (χ0v) is 8.42. The number of nitrogens with one attached hydrogen (secondary N) is 1. The van der Waals surface area contributed by atoms with E-state index < -0.39 is 0 Å². The van der Waals surface area contributed by atoms with E-state index >= 15 is 0 Å². The van der Waals surface area contributed by atoms with E-state index in [9.17, 15) is 4.79 Å². The van der Waals surface area contributed by atoms with E-state index in [4.69, 9.17) is 0 Å². The Bertz CT molecular complexity index is 266. The third kappa shape index (κ3) is 1.74. The van der Waals surface area contributed by atoms with Crippen LogP contribution in [0.15, 0.2) is 24.4 Å². The molecule has 0 unspecified atom stereocenters. The summed E-state index contributed by atoms with van der Waals surface area (Å²) in [7, 11) is 0. The van der Waals surface area contributed by atoms with E-state index in [2.05, 4.69) is 11.9 Å². The van der Waals surface area contributed by atoms with Crippen LogP contribution in [0.25, 0.3) is 0 Å². The van der Waals surface area contributed by atoms with Crippen LogP contribution in [-0.4, -0.2) is 23.0 Å². The van der Waals surface area contributed by atoms with Crippen molar-refractivity contribution in [1.82, 2.24) is 10.2 Å². The lowest BCUT2D eigenvalue weighted by molar-refractivity contribution is 0.201. The molecule has 1 heterocycles. The van der Waals surface area contributed by atoms with Gasteiger partial charge in [0.2, 0.25) is 0 Å². The molecule has 1 aliphatic rings. The second-order valence-corrected chi connectivity index (χ2v) is 3.85. The summed E-state index contributed by atoms with van der Waals surface area (Å²) < 4.78 is 0. The minimum absolute atomic E-state index is 0.0272. The van der Waals surface area contributed by atoms with Crippen LogP contribution in [0.5, 0.6) is 0 Å². The molecule has 0 saturated carbocycles. The highest BCUT2D eigenvalue weighted by Gasteiger charge is 2.38. The van der Waals surface area contributed by atoms with E-state index in [0.717, 1.165) is 5.70 Å². The van der Waals surface area contributed by atoms with Crippen LogP contribution in [0.3, 0.4) is 0 Å². The van der Waals surface area contributed by atoms with Crippen LogP contribution < -0.4 is 5.32 Å². The van der Waals surface area contributed by atoms with Gasteiger partial charge >= 0.3 is 6.03 Å². The molecular formula is C10H16N2O. The number of nitrogens with zero attached hydrogens (tertiary/aromatic N) is 1. The summed E-state index contributed by atoms with van der Waals surface area (Å²) in [5.41, 5.74) is 0.788. The molecule has 0 radical (unpaired) electrons. The van der Waals surface area contributed by atoms with E-state index in [0.29, 0.717) is 6.54 Å². The van der Waals surface area contributed by atoms with E-state index in [1.54, 1.807) is 11.0 Å². The van der Waals surface area contributed by atoms with Crippen LogP contribution >= 0.6 is 0 Å². The molecule has 0 spiro atoms. The summed E-state index contributed by atoms with van der Waals surface area (Å²) in [5, 5.41) is 2.81. The molecule has 1 aliphatic heterocycles. The monoisotopic (exact) mass is 180 g/mol. The van der Waals surface area contributed by atoms with Gasteiger partial charge in [-0.1, -0.05) is 12.7 Å². The number of hydrogen-bond acceptors (Lipinski definition) is 1. The molecule has 1 fully saturated rings. The Kier molecular flexibility index (Phi) is 2.45. The predicted molar refractivity (Wildman–Crippen MR) is 53.3 cm³/mol. The zero-order chi connectivity index (χ0) is 10.1. The Balaban J connectivity index is 2.94. The third-order valence-corrected chi connectivity index (χ3v) is 2.19. The second kappa shape index (κ2) is 3.24. The Labute approximate surface area is 79.1 Å². The molecule has 0 atom stereocenters. The van der Waals surface area contributed by atoms with Crippen LogP contribution in [0.2, 0.25) is 0 Å². The summed E-state index contributed by atoms with van der Waals surface area (Å²) >= 11 is 0. The van der Waals surface area contributed by atoms with Crippen LogP contribution in [0.4, 0.5) is 4.79 Å². The first kappa shape index (κ1) is 9.84. The fourth-order valence-corrected chi connectivity index (χ4v) is 1.61. The van der Waals surface area contributed by atoms with Crippen LogP contribution in [0.1, 0.15) is 20.8 Å². The van der Waals surface area contributed by atoms with Gasteiger partial charge in [0, 0.05) is 12.2 Å². The first-order chi connectivity index (χ1) is 5.99. The van der Waals surface area contributed by atoms with Crippen molar-refractivity contribution in [3.05, 3.63) is 24.4 Å². The minimum atomic E-state index is -0.138. The van der Waals surface area contributed by atoms with Gasteiger partial charge in [-0.25, -0.2) is 4.79 Å². The van der Waals surface area contributed by atoms with Crippen molar-refractivity contribution >= 4 is 6.03 Å². The van der Waals surface area contributed by atoms with E-state index in [1.807, 2.05) is 26.8 Å². The summed E-state index contributed by atoms with van der Waals surface area (Å²) in [6, 6.07) is -0.0272. The van der Waals surface area contributed by atoms with E-state index in [1.165, 1.54) is 0 Å². The average molecular weight is 180 g/mol. The van der Waals surface area contributed by atoms with Gasteiger partial charge in [-0.05, 0) is 26.8 Å². The topological polar surface area (TPSA) is 32.3 Å². The first-order valence-electron chi connectivity index (χ1n) is 4.36. The third-order valence-electron chi connectivity index (χ3n) is 2.19. The molecule has 1 N–H and O–H groups in total. The number of hydrogen-bond donors (Lipinski definition) is 1. The van der Waals surface area contributed by atoms with Gasteiger partial charge in [0.15, 0.2) is 0 Å². The van der Waals surface area contributed by atoms with Crippen molar-refractivity contribution < 1.29 is 4.79 Å². The van der Waals surface area contributed by atoms with Crippen molar-refractivity contribution in [2.45, 2.75) is 26.3 Å². The van der Waals surface area contributed by atoms with Gasteiger partial charge in [0.25, 0.3) is 0 Å². The smallest absolute Gasteiger partial charge is 0.322 e. The molecule has 0 aromatic rings. The number of rotatable bonds is 2. The minimum Gasteiger partial charge on any atom is -0.335 e. The Morgan fingerprint density at radius 1 is 1.69 bits per heavy atom. The van der Waals surface area contributed by atoms with Gasteiger partial charge in [0.1, 0.15) is 0 Å². The maximum Gasteiger partial charge on any atom is 0.322 e. The Morgan fingerprint density at radius 3 is 2.69 bits per heavy atom. The molecule has 1 rings (SSSR count). The fourth-order valence-electron chi connectivity index (χ4n) is 1.61. The maximum atomic E-state index is 11.4. The number of carbonyl (C=O) groups excluding carboxylic acids is 1. The van der Waals surface area contributed by atoms with Gasteiger partial charge in [0.05, 0.1) is 5.54 Å². The highest BCUT2D eigenvalue weighted by molar-refractivity contribution is 5.79. The molecular weight excluding hydrogens is 164 g/mol. The van der Waals surface area contributed by atoms with Crippen LogP contribution in [0, 0.1) is 0 Å². The standard InChI is InChI=1S/C10H16N2O/c1-5-6-8(2)12-9(13)11-7-10(12,3)4/h5-6H,1,7H2,2-4H3,(H,11,13)/b8-6+. The van der Waals surface area contributed by atoms with Gasteiger partial charge in [-0.3, -0.25) is 4.90 Å². The lowest BCUT2D eigenvalue weighted by Crippen LogP contribution is -2.40. The Morgan fingerprint density at radius 2 is 2.31 bits per heavy atom. The first-order valence-corrected chi connectivity index (χ1v) is 4.36. The quantitative estimate of drug-likeness (QED) is 0.646. The number of urea groups is 1. The van der Waals surface area contributed by atoms with Crippen molar-refractivity contribution in [3.8, 4) is 0 Å². The molecule has 1 saturated heterocycles. The zero-order valence-electron chi connectivity index (χ0n) is 8.42. The van der Waals surface area contributed by atoms with Crippen molar-refractivity contribution in [2.75, 3.05) is 6.54 Å². The van der Waals surface area contributed by atoms with Gasteiger partial charge in [-0.2, -0.15) is 0 Å². The normalized spacial score (nSPS) is 21.6. The SMILES string of the molecule is C=C/C=C(\C)N1C(=O)NCC1(C)C. The lowest BCUT2D eigenvalue weighted by Gasteiger charge is -2.30. The van der Waals surface area contributed by atoms with E-state index in [-0.39, 0.29) is 11.6 Å². The van der Waals surface area contributed by atoms with Crippen molar-refractivity contribution in [2.24, 2.45) is 0 Å². The van der Waals surface area contributed by atoms with Gasteiger partial charge < -0.3 is 5.32 Å².